The van der Waals surface area contributed by atoms with Crippen LogP contribution in [0.1, 0.15) is 40.7 Å². The molecule has 100 valence electrons. The minimum absolute atomic E-state index is 0.802. The van der Waals surface area contributed by atoms with Crippen LogP contribution in [-0.2, 0) is 18.2 Å². The zero-order chi connectivity index (χ0) is 13.8. The molecule has 0 unspecified atom stereocenters. The fourth-order valence-electron chi connectivity index (χ4n) is 2.08. The fourth-order valence-corrected chi connectivity index (χ4v) is 2.55. The molecule has 1 heterocycles. The predicted octanol–water partition coefficient (Wildman–Crippen LogP) is 4.14. The summed E-state index contributed by atoms with van der Waals surface area (Å²) in [6.07, 6.45) is 3.69. The van der Waals surface area contributed by atoms with Gasteiger partial charge in [-0.25, -0.2) is 9.97 Å². The van der Waals surface area contributed by atoms with Crippen molar-refractivity contribution in [3.8, 4) is 0 Å². The van der Waals surface area contributed by atoms with E-state index in [-0.39, 0.29) is 0 Å². The molecule has 2 nitrogen and oxygen atoms in total. The van der Waals surface area contributed by atoms with Gasteiger partial charge >= 0.3 is 0 Å². The lowest BCUT2D eigenvalue weighted by Crippen LogP contribution is -2.03. The molecule has 19 heavy (non-hydrogen) atoms. The van der Waals surface area contributed by atoms with Crippen molar-refractivity contribution in [1.29, 1.82) is 0 Å². The zero-order valence-electron chi connectivity index (χ0n) is 11.7. The molecular weight excluding hydrogens is 300 g/mol. The van der Waals surface area contributed by atoms with Gasteiger partial charge in [0.05, 0.1) is 0 Å². The number of hydrogen-bond acceptors (Lipinski definition) is 2. The molecule has 0 aliphatic carbocycles. The highest BCUT2D eigenvalue weighted by Crippen LogP contribution is 2.15. The Morgan fingerprint density at radius 2 is 1.95 bits per heavy atom. The van der Waals surface area contributed by atoms with Gasteiger partial charge in [-0.05, 0) is 37.0 Å². The normalized spacial score (nSPS) is 10.7. The lowest BCUT2D eigenvalue weighted by Gasteiger charge is -2.08. The van der Waals surface area contributed by atoms with Crippen LogP contribution in [0, 0.1) is 13.8 Å². The summed E-state index contributed by atoms with van der Waals surface area (Å²) in [7, 11) is 0. The molecule has 0 N–H and O–H groups in total. The second-order valence-electron chi connectivity index (χ2n) is 4.84. The van der Waals surface area contributed by atoms with Gasteiger partial charge in [-0.1, -0.05) is 41.1 Å². The van der Waals surface area contributed by atoms with Gasteiger partial charge in [0, 0.05) is 29.2 Å². The average Bonchev–Trinajstić information content (AvgIpc) is 2.43. The maximum atomic E-state index is 4.67. The summed E-state index contributed by atoms with van der Waals surface area (Å²) in [4.78, 5) is 9.13. The van der Waals surface area contributed by atoms with Crippen LogP contribution < -0.4 is 0 Å². The molecule has 0 atom stereocenters. The van der Waals surface area contributed by atoms with Gasteiger partial charge in [-0.2, -0.15) is 0 Å². The number of halogens is 1. The summed E-state index contributed by atoms with van der Waals surface area (Å²) in [6, 6.07) is 6.55. The molecule has 0 amide bonds. The smallest absolute Gasteiger partial charge is 0.132 e. The van der Waals surface area contributed by atoms with Crippen LogP contribution in [0.15, 0.2) is 24.4 Å². The van der Waals surface area contributed by atoms with Gasteiger partial charge in [0.15, 0.2) is 0 Å². The number of benzene rings is 1. The van der Waals surface area contributed by atoms with Crippen molar-refractivity contribution in [3.05, 3.63) is 58.2 Å². The molecule has 0 radical (unpaired) electrons. The Balaban J connectivity index is 2.25. The molecule has 2 aromatic rings. The molecule has 0 saturated heterocycles. The summed E-state index contributed by atoms with van der Waals surface area (Å²) in [5, 5.41) is 0.820. The standard InChI is InChI=1S/C16H19BrN2/c1-4-15-14(9-17)10-18-16(19-15)8-13-6-5-11(2)12(3)7-13/h5-7,10H,4,8-9H2,1-3H3. The first-order valence-corrected chi connectivity index (χ1v) is 7.72. The van der Waals surface area contributed by atoms with Crippen molar-refractivity contribution in [3.63, 3.8) is 0 Å². The maximum Gasteiger partial charge on any atom is 0.132 e. The van der Waals surface area contributed by atoms with Gasteiger partial charge in [-0.15, -0.1) is 0 Å². The second-order valence-corrected chi connectivity index (χ2v) is 5.40. The van der Waals surface area contributed by atoms with Crippen molar-refractivity contribution in [2.24, 2.45) is 0 Å². The molecule has 2 rings (SSSR count). The summed E-state index contributed by atoms with van der Waals surface area (Å²) < 4.78 is 0. The second kappa shape index (κ2) is 6.29. The quantitative estimate of drug-likeness (QED) is 0.792. The highest BCUT2D eigenvalue weighted by Gasteiger charge is 2.06. The van der Waals surface area contributed by atoms with Gasteiger partial charge < -0.3 is 0 Å². The first kappa shape index (κ1) is 14.2. The SMILES string of the molecule is CCc1nc(Cc2ccc(C)c(C)c2)ncc1CBr. The van der Waals surface area contributed by atoms with Gasteiger partial charge in [0.2, 0.25) is 0 Å². The lowest BCUT2D eigenvalue weighted by atomic mass is 10.0. The third-order valence-corrected chi connectivity index (χ3v) is 4.02. The maximum absolute atomic E-state index is 4.67. The van der Waals surface area contributed by atoms with E-state index in [1.165, 1.54) is 22.3 Å². The summed E-state index contributed by atoms with van der Waals surface area (Å²) in [5.41, 5.74) is 6.26. The topological polar surface area (TPSA) is 25.8 Å². The number of aryl methyl sites for hydroxylation is 3. The highest BCUT2D eigenvalue weighted by molar-refractivity contribution is 9.08. The van der Waals surface area contributed by atoms with E-state index in [0.29, 0.717) is 0 Å². The Labute approximate surface area is 123 Å². The Hall–Kier alpha value is -1.22. The Morgan fingerprint density at radius 1 is 1.16 bits per heavy atom. The van der Waals surface area contributed by atoms with Crippen LogP contribution in [0.25, 0.3) is 0 Å². The van der Waals surface area contributed by atoms with Crippen molar-refractivity contribution >= 4 is 15.9 Å². The predicted molar refractivity (Wildman–Crippen MR) is 82.8 cm³/mol. The highest BCUT2D eigenvalue weighted by atomic mass is 79.9. The van der Waals surface area contributed by atoms with E-state index in [9.17, 15) is 0 Å². The lowest BCUT2D eigenvalue weighted by molar-refractivity contribution is 0.885. The summed E-state index contributed by atoms with van der Waals surface area (Å²) in [6.45, 7) is 6.41. The Kier molecular flexibility index (Phi) is 4.70. The van der Waals surface area contributed by atoms with Crippen molar-refractivity contribution in [2.45, 2.75) is 38.9 Å². The van der Waals surface area contributed by atoms with E-state index in [1.807, 2.05) is 6.20 Å². The number of alkyl halides is 1. The Bertz CT molecular complexity index is 579. The van der Waals surface area contributed by atoms with Crippen LogP contribution in [0.4, 0.5) is 0 Å². The molecule has 0 bridgehead atoms. The van der Waals surface area contributed by atoms with E-state index >= 15 is 0 Å². The van der Waals surface area contributed by atoms with E-state index < -0.39 is 0 Å². The average molecular weight is 319 g/mol. The molecule has 0 saturated carbocycles. The fraction of sp³-hybridized carbons (Fsp3) is 0.375. The number of aromatic nitrogens is 2. The Morgan fingerprint density at radius 3 is 2.58 bits per heavy atom. The molecule has 0 aliphatic rings. The monoisotopic (exact) mass is 318 g/mol. The van der Waals surface area contributed by atoms with Crippen molar-refractivity contribution in [2.75, 3.05) is 0 Å². The number of rotatable bonds is 4. The van der Waals surface area contributed by atoms with Crippen molar-refractivity contribution in [1.82, 2.24) is 9.97 Å². The van der Waals surface area contributed by atoms with E-state index in [2.05, 4.69) is 64.9 Å². The van der Waals surface area contributed by atoms with Gasteiger partial charge in [-0.3, -0.25) is 0 Å². The third-order valence-electron chi connectivity index (χ3n) is 3.42. The van der Waals surface area contributed by atoms with Gasteiger partial charge in [0.1, 0.15) is 5.82 Å². The summed E-state index contributed by atoms with van der Waals surface area (Å²) in [5.74, 6) is 0.907. The molecular formula is C16H19BrN2. The van der Waals surface area contributed by atoms with E-state index in [0.717, 1.165) is 29.7 Å². The molecule has 1 aromatic heterocycles. The minimum atomic E-state index is 0.802. The number of nitrogens with zero attached hydrogens (tertiary/aromatic N) is 2. The molecule has 0 fully saturated rings. The van der Waals surface area contributed by atoms with Crippen LogP contribution in [0.2, 0.25) is 0 Å². The molecule has 0 spiro atoms. The van der Waals surface area contributed by atoms with Crippen LogP contribution >= 0.6 is 15.9 Å². The van der Waals surface area contributed by atoms with Crippen LogP contribution in [0.5, 0.6) is 0 Å². The molecule has 3 heteroatoms. The summed E-state index contributed by atoms with van der Waals surface area (Å²) >= 11 is 3.48. The third kappa shape index (κ3) is 3.41. The van der Waals surface area contributed by atoms with E-state index in [1.54, 1.807) is 0 Å². The van der Waals surface area contributed by atoms with Gasteiger partial charge in [0.25, 0.3) is 0 Å². The van der Waals surface area contributed by atoms with E-state index in [4.69, 9.17) is 0 Å². The largest absolute Gasteiger partial charge is 0.241 e. The first-order valence-electron chi connectivity index (χ1n) is 6.59. The van der Waals surface area contributed by atoms with Crippen LogP contribution in [-0.4, -0.2) is 9.97 Å². The zero-order valence-corrected chi connectivity index (χ0v) is 13.3. The first-order chi connectivity index (χ1) is 9.13. The minimum Gasteiger partial charge on any atom is -0.241 e. The number of hydrogen-bond donors (Lipinski definition) is 0. The molecule has 1 aromatic carbocycles. The molecule has 0 aliphatic heterocycles. The van der Waals surface area contributed by atoms with Crippen LogP contribution in [0.3, 0.4) is 0 Å². The van der Waals surface area contributed by atoms with Crippen molar-refractivity contribution < 1.29 is 0 Å².